The molecule has 3 rings (SSSR count). The summed E-state index contributed by atoms with van der Waals surface area (Å²) < 4.78 is 2.02. The zero-order chi connectivity index (χ0) is 24.0. The van der Waals surface area contributed by atoms with E-state index < -0.39 is 0 Å². The highest BCUT2D eigenvalue weighted by atomic mass is 16.2. The van der Waals surface area contributed by atoms with Crippen molar-refractivity contribution >= 4 is 22.8 Å². The standard InChI is InChI=1S/C26H41N5O2/c1-6-30(7-2)25(33)27-17-22(26(3,4)5)28-24(32)23-20-15-11-12-16-21(20)31(29-23)18-19-13-9-8-10-14-19/h11-12,15-16,19,22H,6-10,13-14,17-18H2,1-5H3,(H,27,33)(H,28,32)/t22-/m1/s1. The Bertz CT molecular complexity index is 936. The first-order valence-electron chi connectivity index (χ1n) is 12.5. The Morgan fingerprint density at radius 2 is 1.79 bits per heavy atom. The number of carbonyl (C=O) groups excluding carboxylic acids is 2. The van der Waals surface area contributed by atoms with E-state index in [0.29, 0.717) is 31.2 Å². The van der Waals surface area contributed by atoms with Gasteiger partial charge in [0.1, 0.15) is 0 Å². The van der Waals surface area contributed by atoms with Gasteiger partial charge in [0.25, 0.3) is 5.91 Å². The van der Waals surface area contributed by atoms with Gasteiger partial charge in [-0.25, -0.2) is 4.79 Å². The zero-order valence-corrected chi connectivity index (χ0v) is 21.0. The van der Waals surface area contributed by atoms with E-state index in [1.54, 1.807) is 4.90 Å². The summed E-state index contributed by atoms with van der Waals surface area (Å²) in [7, 11) is 0. The summed E-state index contributed by atoms with van der Waals surface area (Å²) in [6.45, 7) is 12.7. The van der Waals surface area contributed by atoms with Crippen LogP contribution in [0, 0.1) is 11.3 Å². The number of nitrogens with zero attached hydrogens (tertiary/aromatic N) is 3. The fourth-order valence-corrected chi connectivity index (χ4v) is 4.66. The summed E-state index contributed by atoms with van der Waals surface area (Å²) in [4.78, 5) is 27.6. The van der Waals surface area contributed by atoms with Crippen molar-refractivity contribution in [3.63, 3.8) is 0 Å². The average molecular weight is 456 g/mol. The minimum Gasteiger partial charge on any atom is -0.346 e. The van der Waals surface area contributed by atoms with Crippen molar-refractivity contribution in [1.29, 1.82) is 0 Å². The Balaban J connectivity index is 1.77. The van der Waals surface area contributed by atoms with E-state index in [2.05, 4.69) is 31.4 Å². The van der Waals surface area contributed by atoms with Gasteiger partial charge in [0, 0.05) is 31.6 Å². The van der Waals surface area contributed by atoms with Crippen LogP contribution in [0.2, 0.25) is 0 Å². The molecular formula is C26H41N5O2. The van der Waals surface area contributed by atoms with E-state index in [1.807, 2.05) is 42.8 Å². The number of amides is 3. The molecule has 1 aliphatic carbocycles. The predicted octanol–water partition coefficient (Wildman–Crippen LogP) is 4.81. The molecule has 1 aromatic heterocycles. The Labute approximate surface area is 198 Å². The van der Waals surface area contributed by atoms with Crippen molar-refractivity contribution in [3.05, 3.63) is 30.0 Å². The monoisotopic (exact) mass is 455 g/mol. The second kappa shape index (κ2) is 11.0. The minimum absolute atomic E-state index is 0.106. The molecule has 0 unspecified atom stereocenters. The number of carbonyl (C=O) groups is 2. The van der Waals surface area contributed by atoms with Crippen LogP contribution in [0.25, 0.3) is 10.9 Å². The SMILES string of the molecule is CCN(CC)C(=O)NC[C@@H](NC(=O)c1nn(CC2CCCCC2)c2ccccc12)C(C)(C)C. The third-order valence-corrected chi connectivity index (χ3v) is 6.89. The average Bonchev–Trinajstić information content (AvgIpc) is 3.16. The molecule has 0 saturated heterocycles. The summed E-state index contributed by atoms with van der Waals surface area (Å²) in [5.41, 5.74) is 1.24. The second-order valence-corrected chi connectivity index (χ2v) is 10.3. The van der Waals surface area contributed by atoms with E-state index in [9.17, 15) is 9.59 Å². The Morgan fingerprint density at radius 3 is 2.42 bits per heavy atom. The lowest BCUT2D eigenvalue weighted by Crippen LogP contribution is -2.52. The first kappa shape index (κ1) is 25.1. The molecule has 2 aromatic rings. The Kier molecular flexibility index (Phi) is 8.38. The molecule has 1 atom stereocenters. The maximum Gasteiger partial charge on any atom is 0.317 e. The second-order valence-electron chi connectivity index (χ2n) is 10.3. The number of nitrogens with one attached hydrogen (secondary N) is 2. The molecule has 0 spiro atoms. The van der Waals surface area contributed by atoms with Crippen LogP contribution in [0.4, 0.5) is 4.79 Å². The highest BCUT2D eigenvalue weighted by Crippen LogP contribution is 2.27. The van der Waals surface area contributed by atoms with Crippen molar-refractivity contribution < 1.29 is 9.59 Å². The smallest absolute Gasteiger partial charge is 0.317 e. The van der Waals surface area contributed by atoms with Crippen molar-refractivity contribution in [3.8, 4) is 0 Å². The molecule has 0 bridgehead atoms. The lowest BCUT2D eigenvalue weighted by atomic mass is 9.86. The molecule has 7 heteroatoms. The highest BCUT2D eigenvalue weighted by Gasteiger charge is 2.29. The van der Waals surface area contributed by atoms with Crippen LogP contribution in [-0.4, -0.2) is 52.3 Å². The van der Waals surface area contributed by atoms with Gasteiger partial charge in [-0.3, -0.25) is 9.48 Å². The lowest BCUT2D eigenvalue weighted by molar-refractivity contribution is 0.0895. The molecule has 1 fully saturated rings. The quantitative estimate of drug-likeness (QED) is 0.599. The number of fused-ring (bicyclic) bond motifs is 1. The molecule has 7 nitrogen and oxygen atoms in total. The van der Waals surface area contributed by atoms with E-state index in [-0.39, 0.29) is 23.4 Å². The molecule has 1 aromatic carbocycles. The third-order valence-electron chi connectivity index (χ3n) is 6.89. The highest BCUT2D eigenvalue weighted by molar-refractivity contribution is 6.05. The summed E-state index contributed by atoms with van der Waals surface area (Å²) in [6.07, 6.45) is 6.35. The summed E-state index contributed by atoms with van der Waals surface area (Å²) in [6, 6.07) is 7.65. The molecule has 1 saturated carbocycles. The van der Waals surface area contributed by atoms with Gasteiger partial charge in [-0.2, -0.15) is 5.10 Å². The molecule has 1 aliphatic rings. The number of para-hydroxylation sites is 1. The van der Waals surface area contributed by atoms with Crippen LogP contribution >= 0.6 is 0 Å². The fourth-order valence-electron chi connectivity index (χ4n) is 4.66. The van der Waals surface area contributed by atoms with Crippen molar-refractivity contribution in [2.24, 2.45) is 11.3 Å². The number of hydrogen-bond acceptors (Lipinski definition) is 3. The van der Waals surface area contributed by atoms with Crippen LogP contribution in [0.3, 0.4) is 0 Å². The minimum atomic E-state index is -0.230. The molecule has 182 valence electrons. The van der Waals surface area contributed by atoms with Crippen LogP contribution in [0.5, 0.6) is 0 Å². The van der Waals surface area contributed by atoms with E-state index in [0.717, 1.165) is 17.4 Å². The number of hydrogen-bond donors (Lipinski definition) is 2. The number of urea groups is 1. The summed E-state index contributed by atoms with van der Waals surface area (Å²) >= 11 is 0. The van der Waals surface area contributed by atoms with E-state index in [1.165, 1.54) is 32.1 Å². The Hall–Kier alpha value is -2.57. The Morgan fingerprint density at radius 1 is 1.12 bits per heavy atom. The molecule has 33 heavy (non-hydrogen) atoms. The maximum absolute atomic E-state index is 13.4. The largest absolute Gasteiger partial charge is 0.346 e. The summed E-state index contributed by atoms with van der Waals surface area (Å²) in [5, 5.41) is 11.8. The van der Waals surface area contributed by atoms with Crippen molar-refractivity contribution in [1.82, 2.24) is 25.3 Å². The lowest BCUT2D eigenvalue weighted by Gasteiger charge is -2.32. The van der Waals surface area contributed by atoms with E-state index >= 15 is 0 Å². The van der Waals surface area contributed by atoms with E-state index in [4.69, 9.17) is 5.10 Å². The van der Waals surface area contributed by atoms with Crippen LogP contribution in [0.15, 0.2) is 24.3 Å². The van der Waals surface area contributed by atoms with Gasteiger partial charge >= 0.3 is 6.03 Å². The first-order chi connectivity index (χ1) is 15.7. The van der Waals surface area contributed by atoms with Crippen LogP contribution < -0.4 is 10.6 Å². The van der Waals surface area contributed by atoms with Crippen molar-refractivity contribution in [2.75, 3.05) is 19.6 Å². The first-order valence-corrected chi connectivity index (χ1v) is 12.5. The maximum atomic E-state index is 13.4. The van der Waals surface area contributed by atoms with Gasteiger partial charge in [0.2, 0.25) is 0 Å². The summed E-state index contributed by atoms with van der Waals surface area (Å²) in [5.74, 6) is 0.432. The van der Waals surface area contributed by atoms with Crippen LogP contribution in [0.1, 0.15) is 77.2 Å². The van der Waals surface area contributed by atoms with Gasteiger partial charge in [0.15, 0.2) is 5.69 Å². The molecule has 3 amide bonds. The molecule has 1 heterocycles. The van der Waals surface area contributed by atoms with Gasteiger partial charge in [-0.1, -0.05) is 58.2 Å². The van der Waals surface area contributed by atoms with Gasteiger partial charge in [0.05, 0.1) is 11.6 Å². The van der Waals surface area contributed by atoms with Gasteiger partial charge in [-0.05, 0) is 44.1 Å². The predicted molar refractivity (Wildman–Crippen MR) is 133 cm³/mol. The number of benzene rings is 1. The topological polar surface area (TPSA) is 79.3 Å². The van der Waals surface area contributed by atoms with Gasteiger partial charge in [-0.15, -0.1) is 0 Å². The number of rotatable bonds is 8. The number of aromatic nitrogens is 2. The van der Waals surface area contributed by atoms with Gasteiger partial charge < -0.3 is 15.5 Å². The van der Waals surface area contributed by atoms with Crippen molar-refractivity contribution in [2.45, 2.75) is 79.3 Å². The molecule has 0 radical (unpaired) electrons. The normalized spacial score (nSPS) is 15.9. The molecule has 0 aliphatic heterocycles. The fraction of sp³-hybridized carbons (Fsp3) is 0.654. The third kappa shape index (κ3) is 6.27. The molecular weight excluding hydrogens is 414 g/mol. The van der Waals surface area contributed by atoms with Crippen LogP contribution in [-0.2, 0) is 6.54 Å². The zero-order valence-electron chi connectivity index (χ0n) is 21.0. The molecule has 2 N–H and O–H groups in total.